The lowest BCUT2D eigenvalue weighted by molar-refractivity contribution is 0.102. The van der Waals surface area contributed by atoms with Crippen molar-refractivity contribution in [1.82, 2.24) is 10.3 Å². The minimum absolute atomic E-state index is 0.299. The van der Waals surface area contributed by atoms with E-state index in [-0.39, 0.29) is 5.91 Å². The van der Waals surface area contributed by atoms with Gasteiger partial charge in [0.25, 0.3) is 5.91 Å². The molecule has 28 heavy (non-hydrogen) atoms. The van der Waals surface area contributed by atoms with Crippen LogP contribution in [0.4, 0.5) is 5.82 Å². The standard InChI is InChI=1S/C22H19N5O/c1-13-7-8-25-20(9-13)27-22(28)17-6-4-5-16(10-17)21-18(11-23)14(2)26-15(3)19(21)12-24/h4-10,21,26H,1-3H3,(H,25,27,28). The van der Waals surface area contributed by atoms with Gasteiger partial charge in [0.15, 0.2) is 0 Å². The van der Waals surface area contributed by atoms with Gasteiger partial charge in [-0.2, -0.15) is 10.5 Å². The van der Waals surface area contributed by atoms with Crippen molar-refractivity contribution < 1.29 is 4.79 Å². The number of pyridine rings is 1. The van der Waals surface area contributed by atoms with Crippen LogP contribution in [0.15, 0.2) is 65.1 Å². The quantitative estimate of drug-likeness (QED) is 0.854. The van der Waals surface area contributed by atoms with Crippen molar-refractivity contribution in [3.05, 3.63) is 81.8 Å². The van der Waals surface area contributed by atoms with Crippen LogP contribution in [0.1, 0.15) is 41.3 Å². The molecule has 2 heterocycles. The number of anilines is 1. The smallest absolute Gasteiger partial charge is 0.256 e. The van der Waals surface area contributed by atoms with E-state index in [4.69, 9.17) is 0 Å². The third-order valence-corrected chi connectivity index (χ3v) is 4.64. The Labute approximate surface area is 163 Å². The van der Waals surface area contributed by atoms with Crippen LogP contribution in [0.25, 0.3) is 0 Å². The van der Waals surface area contributed by atoms with E-state index < -0.39 is 5.92 Å². The molecule has 1 aliphatic heterocycles. The zero-order valence-electron chi connectivity index (χ0n) is 15.9. The number of benzene rings is 1. The first-order chi connectivity index (χ1) is 13.4. The molecule has 0 saturated heterocycles. The normalized spacial score (nSPS) is 14.2. The number of nitriles is 2. The van der Waals surface area contributed by atoms with Gasteiger partial charge < -0.3 is 10.6 Å². The highest BCUT2D eigenvalue weighted by Gasteiger charge is 2.29. The number of aromatic nitrogens is 1. The predicted molar refractivity (Wildman–Crippen MR) is 106 cm³/mol. The van der Waals surface area contributed by atoms with E-state index in [0.717, 1.165) is 11.1 Å². The average molecular weight is 369 g/mol. The van der Waals surface area contributed by atoms with Gasteiger partial charge in [0.1, 0.15) is 5.82 Å². The molecular formula is C22H19N5O. The van der Waals surface area contributed by atoms with E-state index in [1.54, 1.807) is 30.5 Å². The Morgan fingerprint density at radius 3 is 2.36 bits per heavy atom. The number of dihydropyridines is 1. The molecule has 0 unspecified atom stereocenters. The molecule has 1 amide bonds. The lowest BCUT2D eigenvalue weighted by Gasteiger charge is -2.26. The van der Waals surface area contributed by atoms with Crippen LogP contribution in [0.5, 0.6) is 0 Å². The molecule has 2 N–H and O–H groups in total. The Bertz CT molecular complexity index is 1060. The highest BCUT2D eigenvalue weighted by atomic mass is 16.1. The molecule has 0 spiro atoms. The van der Waals surface area contributed by atoms with Crippen LogP contribution in [0, 0.1) is 29.6 Å². The Morgan fingerprint density at radius 1 is 1.07 bits per heavy atom. The Morgan fingerprint density at radius 2 is 1.75 bits per heavy atom. The number of hydrogen-bond donors (Lipinski definition) is 2. The van der Waals surface area contributed by atoms with Crippen molar-refractivity contribution in [2.75, 3.05) is 5.32 Å². The van der Waals surface area contributed by atoms with Gasteiger partial charge in [-0.1, -0.05) is 12.1 Å². The van der Waals surface area contributed by atoms with Crippen molar-refractivity contribution in [3.8, 4) is 12.1 Å². The molecular weight excluding hydrogens is 350 g/mol. The second kappa shape index (κ2) is 7.77. The molecule has 0 bridgehead atoms. The fourth-order valence-electron chi connectivity index (χ4n) is 3.28. The lowest BCUT2D eigenvalue weighted by Crippen LogP contribution is -2.23. The third kappa shape index (κ3) is 3.62. The molecule has 138 valence electrons. The van der Waals surface area contributed by atoms with Gasteiger partial charge in [-0.05, 0) is 56.2 Å². The molecule has 2 aromatic rings. The van der Waals surface area contributed by atoms with Gasteiger partial charge in [0.05, 0.1) is 29.2 Å². The predicted octanol–water partition coefficient (Wildman–Crippen LogP) is 3.92. The minimum atomic E-state index is -0.499. The number of carbonyl (C=O) groups is 1. The summed E-state index contributed by atoms with van der Waals surface area (Å²) in [5.74, 6) is -0.326. The van der Waals surface area contributed by atoms with E-state index in [1.165, 1.54) is 0 Å². The number of amides is 1. The monoisotopic (exact) mass is 369 g/mol. The van der Waals surface area contributed by atoms with E-state index in [9.17, 15) is 15.3 Å². The van der Waals surface area contributed by atoms with Crippen LogP contribution >= 0.6 is 0 Å². The van der Waals surface area contributed by atoms with Crippen molar-refractivity contribution in [3.63, 3.8) is 0 Å². The topological polar surface area (TPSA) is 102 Å². The maximum absolute atomic E-state index is 12.7. The van der Waals surface area contributed by atoms with Gasteiger partial charge in [0, 0.05) is 23.2 Å². The molecule has 6 nitrogen and oxygen atoms in total. The maximum atomic E-state index is 12.7. The lowest BCUT2D eigenvalue weighted by atomic mass is 9.81. The number of allylic oxidation sites excluding steroid dienone is 4. The number of nitrogens with one attached hydrogen (secondary N) is 2. The zero-order valence-corrected chi connectivity index (χ0v) is 15.9. The van der Waals surface area contributed by atoms with Gasteiger partial charge in [-0.25, -0.2) is 4.98 Å². The minimum Gasteiger partial charge on any atom is -0.361 e. The molecule has 0 fully saturated rings. The van der Waals surface area contributed by atoms with E-state index in [0.29, 0.717) is 33.9 Å². The van der Waals surface area contributed by atoms with Gasteiger partial charge in [-0.3, -0.25) is 4.79 Å². The molecule has 1 aliphatic rings. The Kier molecular flexibility index (Phi) is 5.24. The van der Waals surface area contributed by atoms with Crippen molar-refractivity contribution in [2.45, 2.75) is 26.7 Å². The first kappa shape index (κ1) is 18.9. The molecule has 0 radical (unpaired) electrons. The molecule has 6 heteroatoms. The van der Waals surface area contributed by atoms with E-state index >= 15 is 0 Å². The van der Waals surface area contributed by atoms with E-state index in [1.807, 2.05) is 32.9 Å². The summed E-state index contributed by atoms with van der Waals surface area (Å²) >= 11 is 0. The number of nitrogens with zero attached hydrogens (tertiary/aromatic N) is 3. The van der Waals surface area contributed by atoms with Gasteiger partial charge in [-0.15, -0.1) is 0 Å². The molecule has 3 rings (SSSR count). The number of hydrogen-bond acceptors (Lipinski definition) is 5. The molecule has 1 aromatic carbocycles. The molecule has 1 aromatic heterocycles. The summed E-state index contributed by atoms with van der Waals surface area (Å²) in [5, 5.41) is 25.1. The summed E-state index contributed by atoms with van der Waals surface area (Å²) in [7, 11) is 0. The fraction of sp³-hybridized carbons (Fsp3) is 0.182. The van der Waals surface area contributed by atoms with Crippen LogP contribution in [-0.2, 0) is 0 Å². The maximum Gasteiger partial charge on any atom is 0.256 e. The Balaban J connectivity index is 1.98. The fourth-order valence-corrected chi connectivity index (χ4v) is 3.28. The van der Waals surface area contributed by atoms with Crippen LogP contribution in [-0.4, -0.2) is 10.9 Å². The average Bonchev–Trinajstić information content (AvgIpc) is 2.67. The third-order valence-electron chi connectivity index (χ3n) is 4.64. The van der Waals surface area contributed by atoms with Crippen molar-refractivity contribution in [1.29, 1.82) is 10.5 Å². The van der Waals surface area contributed by atoms with Crippen LogP contribution in [0.2, 0.25) is 0 Å². The Hall–Kier alpha value is -3.90. The summed E-state index contributed by atoms with van der Waals surface area (Å²) in [6.45, 7) is 5.54. The second-order valence-electron chi connectivity index (χ2n) is 6.66. The summed E-state index contributed by atoms with van der Waals surface area (Å²) in [6, 6.07) is 15.0. The SMILES string of the molecule is CC1=C(C#N)C(c2cccc(C(=O)Nc3cc(C)ccn3)c2)C(C#N)=C(C)N1. The van der Waals surface area contributed by atoms with E-state index in [2.05, 4.69) is 27.8 Å². The molecule has 0 aliphatic carbocycles. The number of aryl methyl sites for hydroxylation is 1. The first-order valence-electron chi connectivity index (χ1n) is 8.77. The molecule has 0 saturated carbocycles. The van der Waals surface area contributed by atoms with Crippen molar-refractivity contribution >= 4 is 11.7 Å². The van der Waals surface area contributed by atoms with Gasteiger partial charge >= 0.3 is 0 Å². The summed E-state index contributed by atoms with van der Waals surface area (Å²) in [6.07, 6.45) is 1.63. The second-order valence-corrected chi connectivity index (χ2v) is 6.66. The summed E-state index contributed by atoms with van der Waals surface area (Å²) < 4.78 is 0. The number of rotatable bonds is 3. The summed E-state index contributed by atoms with van der Waals surface area (Å²) in [4.78, 5) is 16.8. The van der Waals surface area contributed by atoms with Crippen molar-refractivity contribution in [2.24, 2.45) is 0 Å². The molecule has 0 atom stereocenters. The van der Waals surface area contributed by atoms with Crippen LogP contribution < -0.4 is 10.6 Å². The summed E-state index contributed by atoms with van der Waals surface area (Å²) in [5.41, 5.74) is 4.51. The largest absolute Gasteiger partial charge is 0.361 e. The van der Waals surface area contributed by atoms with Crippen LogP contribution in [0.3, 0.4) is 0 Å². The number of carbonyl (C=O) groups excluding carboxylic acids is 1. The zero-order chi connectivity index (χ0) is 20.3. The first-order valence-corrected chi connectivity index (χ1v) is 8.77. The van der Waals surface area contributed by atoms with Gasteiger partial charge in [0.2, 0.25) is 0 Å². The highest BCUT2D eigenvalue weighted by Crippen LogP contribution is 2.37. The highest BCUT2D eigenvalue weighted by molar-refractivity contribution is 6.03.